The first-order valence-corrected chi connectivity index (χ1v) is 3.59. The first kappa shape index (κ1) is 7.03. The maximum absolute atomic E-state index is 3.25. The second-order valence-corrected chi connectivity index (χ2v) is 3.78. The molecule has 0 spiro atoms. The highest BCUT2D eigenvalue weighted by Crippen LogP contribution is 2.22. The first-order valence-electron chi connectivity index (χ1n) is 3.59. The summed E-state index contributed by atoms with van der Waals surface area (Å²) in [7, 11) is 0. The van der Waals surface area contributed by atoms with Gasteiger partial charge in [0, 0.05) is 12.6 Å². The second kappa shape index (κ2) is 2.27. The summed E-state index contributed by atoms with van der Waals surface area (Å²) >= 11 is 0. The van der Waals surface area contributed by atoms with Crippen LogP contribution in [0.3, 0.4) is 0 Å². The van der Waals surface area contributed by atoms with Crippen molar-refractivity contribution in [2.45, 2.75) is 33.2 Å². The van der Waals surface area contributed by atoms with E-state index in [9.17, 15) is 0 Å². The van der Waals surface area contributed by atoms with E-state index in [1.54, 1.807) is 0 Å². The largest absolute Gasteiger partial charge is 0.258 e. The normalized spacial score (nSPS) is 29.0. The Hall–Kier alpha value is -0.0800. The molecule has 9 heavy (non-hydrogen) atoms. The summed E-state index contributed by atoms with van der Waals surface area (Å²) in [4.78, 5) is 0. The van der Waals surface area contributed by atoms with Crippen LogP contribution in [0.4, 0.5) is 0 Å². The van der Waals surface area contributed by atoms with Crippen LogP contribution < -0.4 is 10.9 Å². The van der Waals surface area contributed by atoms with Gasteiger partial charge in [-0.3, -0.25) is 10.9 Å². The quantitative estimate of drug-likeness (QED) is 0.506. The fourth-order valence-electron chi connectivity index (χ4n) is 1.13. The lowest BCUT2D eigenvalue weighted by molar-refractivity contribution is 0.286. The molecule has 0 aromatic carbocycles. The summed E-state index contributed by atoms with van der Waals surface area (Å²) in [6.45, 7) is 7.90. The lowest BCUT2D eigenvalue weighted by atomic mass is 9.86. The molecule has 0 aromatic rings. The Morgan fingerprint density at radius 3 is 2.22 bits per heavy atom. The first-order chi connectivity index (χ1) is 4.11. The van der Waals surface area contributed by atoms with E-state index in [2.05, 4.69) is 31.6 Å². The van der Waals surface area contributed by atoms with Crippen LogP contribution in [0, 0.1) is 5.41 Å². The maximum Gasteiger partial charge on any atom is 0.0273 e. The van der Waals surface area contributed by atoms with Crippen molar-refractivity contribution in [3.8, 4) is 0 Å². The third-order valence-corrected chi connectivity index (χ3v) is 1.88. The van der Waals surface area contributed by atoms with Crippen molar-refractivity contribution < 1.29 is 0 Å². The molecule has 0 saturated carbocycles. The van der Waals surface area contributed by atoms with Crippen LogP contribution in [0.5, 0.6) is 0 Å². The van der Waals surface area contributed by atoms with E-state index < -0.39 is 0 Å². The van der Waals surface area contributed by atoms with Gasteiger partial charge < -0.3 is 0 Å². The van der Waals surface area contributed by atoms with Crippen molar-refractivity contribution >= 4 is 0 Å². The number of hydrogen-bond donors (Lipinski definition) is 2. The monoisotopic (exact) mass is 128 g/mol. The average molecular weight is 128 g/mol. The zero-order valence-electron chi connectivity index (χ0n) is 6.49. The number of hydrazine groups is 1. The molecule has 0 radical (unpaired) electrons. The van der Waals surface area contributed by atoms with E-state index in [4.69, 9.17) is 0 Å². The molecule has 1 aliphatic heterocycles. The molecule has 0 aliphatic carbocycles. The summed E-state index contributed by atoms with van der Waals surface area (Å²) in [5.41, 5.74) is 6.78. The van der Waals surface area contributed by atoms with Crippen molar-refractivity contribution in [1.29, 1.82) is 0 Å². The van der Waals surface area contributed by atoms with Gasteiger partial charge >= 0.3 is 0 Å². The molecule has 54 valence electrons. The van der Waals surface area contributed by atoms with Crippen LogP contribution in [0.2, 0.25) is 0 Å². The van der Waals surface area contributed by atoms with Gasteiger partial charge in [0.15, 0.2) is 0 Å². The second-order valence-electron chi connectivity index (χ2n) is 3.78. The Morgan fingerprint density at radius 1 is 1.33 bits per heavy atom. The molecule has 0 amide bonds. The Labute approximate surface area is 57.0 Å². The zero-order chi connectivity index (χ0) is 6.91. The summed E-state index contributed by atoms with van der Waals surface area (Å²) in [6, 6.07) is 0.650. The molecule has 2 nitrogen and oxygen atoms in total. The third-order valence-electron chi connectivity index (χ3n) is 1.88. The van der Waals surface area contributed by atoms with Gasteiger partial charge in [0.25, 0.3) is 0 Å². The summed E-state index contributed by atoms with van der Waals surface area (Å²) in [5, 5.41) is 0. The minimum atomic E-state index is 0.406. The van der Waals surface area contributed by atoms with E-state index in [-0.39, 0.29) is 0 Å². The predicted octanol–water partition coefficient (Wildman–Crippen LogP) is 0.899. The smallest absolute Gasteiger partial charge is 0.0273 e. The Bertz CT molecular complexity index is 87.6. The van der Waals surface area contributed by atoms with Crippen molar-refractivity contribution in [1.82, 2.24) is 10.9 Å². The van der Waals surface area contributed by atoms with Crippen LogP contribution in [0.15, 0.2) is 0 Å². The van der Waals surface area contributed by atoms with Gasteiger partial charge in [0.2, 0.25) is 0 Å². The lowest BCUT2D eigenvalue weighted by Gasteiger charge is -2.25. The number of nitrogens with one attached hydrogen (secondary N) is 2. The van der Waals surface area contributed by atoms with E-state index in [1.807, 2.05) is 0 Å². The summed E-state index contributed by atoms with van der Waals surface area (Å²) < 4.78 is 0. The number of rotatable bonds is 0. The number of hydrogen-bond acceptors (Lipinski definition) is 2. The Balaban J connectivity index is 2.42. The zero-order valence-corrected chi connectivity index (χ0v) is 6.49. The molecular weight excluding hydrogens is 112 g/mol. The topological polar surface area (TPSA) is 24.1 Å². The van der Waals surface area contributed by atoms with Crippen molar-refractivity contribution in [3.05, 3.63) is 0 Å². The van der Waals surface area contributed by atoms with E-state index >= 15 is 0 Å². The van der Waals surface area contributed by atoms with Gasteiger partial charge in [-0.05, 0) is 11.8 Å². The van der Waals surface area contributed by atoms with E-state index in [0.717, 1.165) is 6.54 Å². The van der Waals surface area contributed by atoms with Gasteiger partial charge in [0.05, 0.1) is 0 Å². The minimum Gasteiger partial charge on any atom is -0.258 e. The lowest BCUT2D eigenvalue weighted by Crippen LogP contribution is -2.39. The van der Waals surface area contributed by atoms with Crippen LogP contribution in [-0.2, 0) is 0 Å². The van der Waals surface area contributed by atoms with Gasteiger partial charge in [-0.2, -0.15) is 0 Å². The van der Waals surface area contributed by atoms with Crippen LogP contribution in [-0.4, -0.2) is 12.6 Å². The molecule has 1 unspecified atom stereocenters. The fraction of sp³-hybridized carbons (Fsp3) is 1.00. The Morgan fingerprint density at radius 2 is 2.00 bits per heavy atom. The van der Waals surface area contributed by atoms with E-state index in [1.165, 1.54) is 6.42 Å². The van der Waals surface area contributed by atoms with Gasteiger partial charge in [-0.15, -0.1) is 0 Å². The molecule has 2 heteroatoms. The molecule has 2 N–H and O–H groups in total. The SMILES string of the molecule is CC(C)(C)C1CCNN1. The van der Waals surface area contributed by atoms with Crippen molar-refractivity contribution in [3.63, 3.8) is 0 Å². The van der Waals surface area contributed by atoms with Crippen LogP contribution in [0.25, 0.3) is 0 Å². The van der Waals surface area contributed by atoms with Gasteiger partial charge in [-0.1, -0.05) is 20.8 Å². The molecule has 1 fully saturated rings. The average Bonchev–Trinajstić information content (AvgIpc) is 2.08. The summed E-state index contributed by atoms with van der Waals surface area (Å²) in [5.74, 6) is 0. The van der Waals surface area contributed by atoms with E-state index in [0.29, 0.717) is 11.5 Å². The summed E-state index contributed by atoms with van der Waals surface area (Å²) in [6.07, 6.45) is 1.25. The molecule has 1 atom stereocenters. The minimum absolute atomic E-state index is 0.406. The molecule has 1 heterocycles. The molecule has 1 aliphatic rings. The van der Waals surface area contributed by atoms with Crippen LogP contribution in [0.1, 0.15) is 27.2 Å². The molecule has 0 bridgehead atoms. The van der Waals surface area contributed by atoms with Crippen molar-refractivity contribution in [2.75, 3.05) is 6.54 Å². The highest BCUT2D eigenvalue weighted by atomic mass is 15.4. The van der Waals surface area contributed by atoms with Crippen molar-refractivity contribution in [2.24, 2.45) is 5.41 Å². The molecular formula is C7H16N2. The molecule has 1 saturated heterocycles. The highest BCUT2D eigenvalue weighted by Gasteiger charge is 2.26. The standard InChI is InChI=1S/C7H16N2/c1-7(2,3)6-4-5-8-9-6/h6,8-9H,4-5H2,1-3H3. The van der Waals surface area contributed by atoms with Gasteiger partial charge in [0.1, 0.15) is 0 Å². The fourth-order valence-corrected chi connectivity index (χ4v) is 1.13. The molecule has 0 aromatic heterocycles. The van der Waals surface area contributed by atoms with Crippen LogP contribution >= 0.6 is 0 Å². The highest BCUT2D eigenvalue weighted by molar-refractivity contribution is 4.82. The van der Waals surface area contributed by atoms with Gasteiger partial charge in [-0.25, -0.2) is 0 Å². The predicted molar refractivity (Wildman–Crippen MR) is 39.0 cm³/mol. The molecule has 1 rings (SSSR count). The maximum atomic E-state index is 3.25. The third kappa shape index (κ3) is 1.66. The Kier molecular flexibility index (Phi) is 1.78.